The molecule has 0 bridgehead atoms. The van der Waals surface area contributed by atoms with Crippen LogP contribution >= 0.6 is 0 Å². The van der Waals surface area contributed by atoms with Gasteiger partial charge in [0.2, 0.25) is 5.91 Å². The molecule has 0 saturated carbocycles. The number of primary amides is 1. The van der Waals surface area contributed by atoms with Crippen LogP contribution < -0.4 is 11.1 Å². The summed E-state index contributed by atoms with van der Waals surface area (Å²) in [6, 6.07) is -0.666. The molecule has 0 aromatic heterocycles. The van der Waals surface area contributed by atoms with E-state index in [9.17, 15) is 14.4 Å². The monoisotopic (exact) mass is 217 g/mol. The minimum atomic E-state index is -1.20. The number of nitrogens with zero attached hydrogens (tertiary/aromatic N) is 1. The molecule has 0 spiro atoms. The Morgan fingerprint density at radius 3 is 2.20 bits per heavy atom. The SMILES string of the molecule is CN(CC(=O)O)C(=O)NC(C)(C)C(N)=O. The summed E-state index contributed by atoms with van der Waals surface area (Å²) in [5.41, 5.74) is 3.83. The number of nitrogens with two attached hydrogens (primary N) is 1. The fourth-order valence-corrected chi connectivity index (χ4v) is 0.699. The molecule has 0 unspecified atom stereocenters. The molecule has 0 aliphatic rings. The lowest BCUT2D eigenvalue weighted by atomic mass is 10.1. The van der Waals surface area contributed by atoms with Gasteiger partial charge in [0.15, 0.2) is 0 Å². The van der Waals surface area contributed by atoms with Gasteiger partial charge in [-0.2, -0.15) is 0 Å². The molecular formula is C8H15N3O4. The number of hydrogen-bond acceptors (Lipinski definition) is 3. The molecule has 0 heterocycles. The van der Waals surface area contributed by atoms with E-state index in [1.807, 2.05) is 0 Å². The number of likely N-dealkylation sites (N-methyl/N-ethyl adjacent to an activating group) is 1. The zero-order chi connectivity index (χ0) is 12.2. The van der Waals surface area contributed by atoms with Crippen molar-refractivity contribution in [2.75, 3.05) is 13.6 Å². The number of hydrogen-bond donors (Lipinski definition) is 3. The molecule has 7 heteroatoms. The molecule has 15 heavy (non-hydrogen) atoms. The van der Waals surface area contributed by atoms with Crippen molar-refractivity contribution >= 4 is 17.9 Å². The molecule has 0 aromatic rings. The first-order valence-corrected chi connectivity index (χ1v) is 4.22. The van der Waals surface area contributed by atoms with E-state index in [0.29, 0.717) is 0 Å². The summed E-state index contributed by atoms with van der Waals surface area (Å²) < 4.78 is 0. The van der Waals surface area contributed by atoms with Gasteiger partial charge >= 0.3 is 12.0 Å². The van der Waals surface area contributed by atoms with E-state index in [4.69, 9.17) is 10.8 Å². The highest BCUT2D eigenvalue weighted by Crippen LogP contribution is 2.01. The van der Waals surface area contributed by atoms with Gasteiger partial charge in [0.05, 0.1) is 0 Å². The smallest absolute Gasteiger partial charge is 0.323 e. The fourth-order valence-electron chi connectivity index (χ4n) is 0.699. The molecule has 3 amide bonds. The first-order valence-electron chi connectivity index (χ1n) is 4.22. The molecule has 0 atom stereocenters. The second kappa shape index (κ2) is 4.63. The van der Waals surface area contributed by atoms with Crippen LogP contribution in [0.2, 0.25) is 0 Å². The lowest BCUT2D eigenvalue weighted by Gasteiger charge is -2.25. The average molecular weight is 217 g/mol. The predicted octanol–water partition coefficient (Wildman–Crippen LogP) is -1.02. The van der Waals surface area contributed by atoms with Crippen molar-refractivity contribution in [3.05, 3.63) is 0 Å². The van der Waals surface area contributed by atoms with E-state index < -0.39 is 30.0 Å². The first kappa shape index (κ1) is 13.2. The van der Waals surface area contributed by atoms with Gasteiger partial charge in [-0.1, -0.05) is 0 Å². The largest absolute Gasteiger partial charge is 0.480 e. The van der Waals surface area contributed by atoms with Crippen LogP contribution in [0.5, 0.6) is 0 Å². The molecule has 0 radical (unpaired) electrons. The standard InChI is InChI=1S/C8H15N3O4/c1-8(2,6(9)14)10-7(15)11(3)4-5(12)13/h4H2,1-3H3,(H2,9,14)(H,10,15)(H,12,13). The number of urea groups is 1. The van der Waals surface area contributed by atoms with Crippen molar-refractivity contribution in [2.24, 2.45) is 5.73 Å². The first-order chi connectivity index (χ1) is 6.66. The Morgan fingerprint density at radius 2 is 1.87 bits per heavy atom. The molecule has 0 aliphatic carbocycles. The van der Waals surface area contributed by atoms with E-state index in [1.165, 1.54) is 20.9 Å². The third-order valence-corrected chi connectivity index (χ3v) is 1.75. The average Bonchev–Trinajstić information content (AvgIpc) is 2.01. The summed E-state index contributed by atoms with van der Waals surface area (Å²) in [5, 5.41) is 10.7. The number of nitrogens with one attached hydrogen (secondary N) is 1. The quantitative estimate of drug-likeness (QED) is 0.559. The molecule has 7 nitrogen and oxygen atoms in total. The Balaban J connectivity index is 4.36. The van der Waals surface area contributed by atoms with Crippen molar-refractivity contribution in [1.82, 2.24) is 10.2 Å². The van der Waals surface area contributed by atoms with Crippen LogP contribution in [0, 0.1) is 0 Å². The molecule has 0 saturated heterocycles. The van der Waals surface area contributed by atoms with Gasteiger partial charge < -0.3 is 21.1 Å². The van der Waals surface area contributed by atoms with Crippen LogP contribution in [0.1, 0.15) is 13.8 Å². The van der Waals surface area contributed by atoms with Crippen LogP contribution in [-0.2, 0) is 9.59 Å². The molecular weight excluding hydrogens is 202 g/mol. The van der Waals surface area contributed by atoms with Gasteiger partial charge in [0.25, 0.3) is 0 Å². The third-order valence-electron chi connectivity index (χ3n) is 1.75. The minimum absolute atomic E-state index is 0.444. The van der Waals surface area contributed by atoms with E-state index >= 15 is 0 Å². The number of rotatable bonds is 4. The van der Waals surface area contributed by atoms with E-state index in [0.717, 1.165) is 4.90 Å². The molecule has 0 aromatic carbocycles. The Hall–Kier alpha value is -1.79. The van der Waals surface area contributed by atoms with Crippen molar-refractivity contribution < 1.29 is 19.5 Å². The minimum Gasteiger partial charge on any atom is -0.480 e. The molecule has 0 rings (SSSR count). The Bertz CT molecular complexity index is 288. The Morgan fingerprint density at radius 1 is 1.40 bits per heavy atom. The highest BCUT2D eigenvalue weighted by molar-refractivity contribution is 5.89. The third kappa shape index (κ3) is 4.30. The summed E-state index contributed by atoms with van der Waals surface area (Å²) >= 11 is 0. The van der Waals surface area contributed by atoms with Crippen molar-refractivity contribution in [3.8, 4) is 0 Å². The van der Waals surface area contributed by atoms with Crippen molar-refractivity contribution in [1.29, 1.82) is 0 Å². The predicted molar refractivity (Wildman–Crippen MR) is 52.1 cm³/mol. The van der Waals surface area contributed by atoms with Crippen LogP contribution in [-0.4, -0.2) is 47.0 Å². The lowest BCUT2D eigenvalue weighted by molar-refractivity contribution is -0.137. The van der Waals surface area contributed by atoms with Crippen LogP contribution in [0.25, 0.3) is 0 Å². The molecule has 0 aliphatic heterocycles. The van der Waals surface area contributed by atoms with E-state index in [-0.39, 0.29) is 0 Å². The molecule has 4 N–H and O–H groups in total. The normalized spacial score (nSPS) is 10.6. The second-order valence-electron chi connectivity index (χ2n) is 3.67. The summed E-state index contributed by atoms with van der Waals surface area (Å²) in [5.74, 6) is -1.83. The van der Waals surface area contributed by atoms with E-state index in [2.05, 4.69) is 5.32 Å². The van der Waals surface area contributed by atoms with Gasteiger partial charge in [-0.3, -0.25) is 9.59 Å². The lowest BCUT2D eigenvalue weighted by Crippen LogP contribution is -2.56. The maximum atomic E-state index is 11.3. The number of carboxylic acids is 1. The zero-order valence-electron chi connectivity index (χ0n) is 8.90. The van der Waals surface area contributed by atoms with Crippen molar-refractivity contribution in [2.45, 2.75) is 19.4 Å². The highest BCUT2D eigenvalue weighted by atomic mass is 16.4. The van der Waals surface area contributed by atoms with Crippen LogP contribution in [0.15, 0.2) is 0 Å². The molecule has 0 fully saturated rings. The van der Waals surface area contributed by atoms with E-state index in [1.54, 1.807) is 0 Å². The highest BCUT2D eigenvalue weighted by Gasteiger charge is 2.28. The van der Waals surface area contributed by atoms with Gasteiger partial charge in [0.1, 0.15) is 12.1 Å². The summed E-state index contributed by atoms with van der Waals surface area (Å²) in [4.78, 5) is 33.5. The van der Waals surface area contributed by atoms with Crippen molar-refractivity contribution in [3.63, 3.8) is 0 Å². The van der Waals surface area contributed by atoms with Crippen LogP contribution in [0.4, 0.5) is 4.79 Å². The van der Waals surface area contributed by atoms with Gasteiger partial charge in [-0.05, 0) is 13.8 Å². The molecule has 86 valence electrons. The Kier molecular flexibility index (Phi) is 4.07. The van der Waals surface area contributed by atoms with Gasteiger partial charge in [-0.15, -0.1) is 0 Å². The Labute approximate surface area is 87.2 Å². The number of carbonyl (C=O) groups is 3. The number of amides is 3. The van der Waals surface area contributed by atoms with Gasteiger partial charge in [0, 0.05) is 7.05 Å². The number of aliphatic carboxylic acids is 1. The summed E-state index contributed by atoms with van der Waals surface area (Å²) in [6.07, 6.45) is 0. The summed E-state index contributed by atoms with van der Waals surface area (Å²) in [7, 11) is 1.31. The van der Waals surface area contributed by atoms with Gasteiger partial charge in [-0.25, -0.2) is 4.79 Å². The second-order valence-corrected chi connectivity index (χ2v) is 3.67. The topological polar surface area (TPSA) is 113 Å². The maximum Gasteiger partial charge on any atom is 0.323 e. The fraction of sp³-hybridized carbons (Fsp3) is 0.625. The number of carboxylic acid groups (broad SMARTS) is 1. The maximum absolute atomic E-state index is 11.3. The van der Waals surface area contributed by atoms with Crippen LogP contribution in [0.3, 0.4) is 0 Å². The number of carbonyl (C=O) groups excluding carboxylic acids is 2. The summed E-state index contributed by atoms with van der Waals surface area (Å²) in [6.45, 7) is 2.42. The zero-order valence-corrected chi connectivity index (χ0v) is 8.90.